The molecule has 0 saturated heterocycles. The van der Waals surface area contributed by atoms with Gasteiger partial charge in [-0.15, -0.1) is 12.4 Å². The molecule has 0 fully saturated rings. The van der Waals surface area contributed by atoms with Crippen LogP contribution in [0.3, 0.4) is 0 Å². The third-order valence-electron chi connectivity index (χ3n) is 5.58. The lowest BCUT2D eigenvalue weighted by molar-refractivity contribution is 0.0386. The van der Waals surface area contributed by atoms with Crippen molar-refractivity contribution in [2.45, 2.75) is 0 Å². The van der Waals surface area contributed by atoms with Crippen molar-refractivity contribution in [3.8, 4) is 0 Å². The molecule has 4 N–H and O–H groups in total. The average molecular weight is 539 g/mol. The van der Waals surface area contributed by atoms with E-state index in [2.05, 4.69) is 0 Å². The number of hydrogen-bond donors (Lipinski definition) is 4. The van der Waals surface area contributed by atoms with Gasteiger partial charge in [0.2, 0.25) is 0 Å². The summed E-state index contributed by atoms with van der Waals surface area (Å²) in [6.07, 6.45) is 0. The Morgan fingerprint density at radius 1 is 0.474 bits per heavy atom. The lowest BCUT2D eigenvalue weighted by atomic mass is 9.97. The fourth-order valence-corrected chi connectivity index (χ4v) is 3.91. The van der Waals surface area contributed by atoms with Crippen LogP contribution in [-0.2, 0) is 4.74 Å². The van der Waals surface area contributed by atoms with Gasteiger partial charge in [0, 0.05) is 0 Å². The van der Waals surface area contributed by atoms with Gasteiger partial charge in [-0.05, 0) is 57.9 Å². The molecule has 0 atom stereocenters. The van der Waals surface area contributed by atoms with Crippen molar-refractivity contribution in [3.63, 3.8) is 0 Å². The van der Waals surface area contributed by atoms with Crippen molar-refractivity contribution in [2.24, 2.45) is 0 Å². The van der Waals surface area contributed by atoms with E-state index in [0.717, 1.165) is 24.3 Å². The Hall–Kier alpha value is -5.29. The van der Waals surface area contributed by atoms with Crippen molar-refractivity contribution in [2.75, 3.05) is 0 Å². The molecule has 4 aromatic rings. The minimum atomic E-state index is -1.60. The number of carboxylic acids is 4. The molecular weight excluding hydrogens is 524 g/mol. The summed E-state index contributed by atoms with van der Waals surface area (Å²) in [5.74, 6) is -8.67. The van der Waals surface area contributed by atoms with E-state index in [4.69, 9.17) is 4.74 Å². The maximum absolute atomic E-state index is 12.9. The van der Waals surface area contributed by atoms with Crippen LogP contribution in [0.15, 0.2) is 60.7 Å². The Morgan fingerprint density at radius 3 is 1.13 bits per heavy atom. The molecule has 192 valence electrons. The van der Waals surface area contributed by atoms with Crippen LogP contribution in [0, 0.1) is 0 Å². The van der Waals surface area contributed by atoms with Crippen LogP contribution in [0.2, 0.25) is 0 Å². The van der Waals surface area contributed by atoms with Gasteiger partial charge in [0.15, 0.2) is 0 Å². The van der Waals surface area contributed by atoms with E-state index in [0.29, 0.717) is 0 Å². The van der Waals surface area contributed by atoms with E-state index in [-0.39, 0.29) is 45.1 Å². The molecule has 0 heterocycles. The van der Waals surface area contributed by atoms with Crippen LogP contribution in [-0.4, -0.2) is 56.2 Å². The minimum Gasteiger partial charge on any atom is -0.478 e. The van der Waals surface area contributed by atoms with Crippen molar-refractivity contribution < 1.29 is 53.9 Å². The number of halogens is 1. The van der Waals surface area contributed by atoms with Gasteiger partial charge >= 0.3 is 35.8 Å². The molecule has 0 saturated carbocycles. The molecule has 0 spiro atoms. The number of ether oxygens (including phenoxy) is 1. The second kappa shape index (κ2) is 10.4. The van der Waals surface area contributed by atoms with Gasteiger partial charge in [0.25, 0.3) is 0 Å². The fourth-order valence-electron chi connectivity index (χ4n) is 3.91. The van der Waals surface area contributed by atoms with Crippen molar-refractivity contribution in [1.82, 2.24) is 0 Å². The number of rotatable bonds is 6. The molecule has 0 aliphatic carbocycles. The van der Waals surface area contributed by atoms with E-state index >= 15 is 0 Å². The summed E-state index contributed by atoms with van der Waals surface area (Å²) in [7, 11) is 0. The number of benzene rings is 4. The van der Waals surface area contributed by atoms with Crippen LogP contribution in [0.25, 0.3) is 21.5 Å². The second-order valence-electron chi connectivity index (χ2n) is 7.75. The van der Waals surface area contributed by atoms with Gasteiger partial charge in [0.1, 0.15) is 0 Å². The normalized spacial score (nSPS) is 10.4. The predicted molar refractivity (Wildman–Crippen MR) is 133 cm³/mol. The van der Waals surface area contributed by atoms with Crippen molar-refractivity contribution in [3.05, 3.63) is 94.0 Å². The highest BCUT2D eigenvalue weighted by molar-refractivity contribution is 6.16. The Morgan fingerprint density at radius 2 is 0.816 bits per heavy atom. The summed E-state index contributed by atoms with van der Waals surface area (Å²) in [5.41, 5.74) is -2.83. The molecule has 0 bridgehead atoms. The number of aromatic carboxylic acids is 4. The summed E-state index contributed by atoms with van der Waals surface area (Å²) < 4.78 is 4.82. The first-order valence-corrected chi connectivity index (χ1v) is 10.3. The number of carbonyl (C=O) groups excluding carboxylic acids is 2. The van der Waals surface area contributed by atoms with Gasteiger partial charge in [-0.2, -0.15) is 0 Å². The molecule has 0 aliphatic rings. The number of hydrogen-bond acceptors (Lipinski definition) is 7. The molecule has 0 radical (unpaired) electrons. The lowest BCUT2D eigenvalue weighted by Gasteiger charge is -2.11. The molecule has 4 rings (SSSR count). The highest BCUT2D eigenvalue weighted by Gasteiger charge is 2.26. The molecule has 4 aromatic carbocycles. The monoisotopic (exact) mass is 538 g/mol. The summed E-state index contributed by atoms with van der Waals surface area (Å²) in [4.78, 5) is 72.3. The first kappa shape index (κ1) is 27.3. The third kappa shape index (κ3) is 4.86. The van der Waals surface area contributed by atoms with E-state index in [9.17, 15) is 49.2 Å². The molecule has 0 aliphatic heterocycles. The lowest BCUT2D eigenvalue weighted by Crippen LogP contribution is -2.19. The first-order chi connectivity index (χ1) is 17.5. The van der Waals surface area contributed by atoms with Crippen LogP contribution in [0.4, 0.5) is 0 Å². The first-order valence-electron chi connectivity index (χ1n) is 10.3. The third-order valence-corrected chi connectivity index (χ3v) is 5.58. The zero-order valence-corrected chi connectivity index (χ0v) is 19.6. The number of carbonyl (C=O) groups is 6. The molecule has 0 amide bonds. The largest absolute Gasteiger partial charge is 0.478 e. The van der Waals surface area contributed by atoms with Gasteiger partial charge < -0.3 is 25.2 Å². The molecular formula is C26H15ClO11. The molecule has 11 nitrogen and oxygen atoms in total. The topological polar surface area (TPSA) is 193 Å². The summed E-state index contributed by atoms with van der Waals surface area (Å²) in [6.45, 7) is 0. The van der Waals surface area contributed by atoms with Crippen LogP contribution < -0.4 is 0 Å². The number of carboxylic acid groups (broad SMARTS) is 4. The Labute approximate surface area is 217 Å². The fraction of sp³-hybridized carbons (Fsp3) is 0. The molecule has 0 unspecified atom stereocenters. The van der Waals surface area contributed by atoms with Gasteiger partial charge in [0.05, 0.1) is 33.4 Å². The zero-order valence-electron chi connectivity index (χ0n) is 18.8. The molecule has 12 heteroatoms. The van der Waals surface area contributed by atoms with Crippen LogP contribution >= 0.6 is 12.4 Å². The highest BCUT2D eigenvalue weighted by Crippen LogP contribution is 2.27. The SMILES string of the molecule is Cl.O=C(O)c1cc2c(C(=O)O)cccc2cc1C(=O)OC(=O)c1cc2cccc(C(=O)O)c2cc1C(=O)O. The van der Waals surface area contributed by atoms with E-state index in [1.54, 1.807) is 0 Å². The van der Waals surface area contributed by atoms with E-state index in [1.807, 2.05) is 0 Å². The van der Waals surface area contributed by atoms with Crippen LogP contribution in [0.1, 0.15) is 62.1 Å². The number of esters is 2. The Kier molecular flexibility index (Phi) is 7.45. The Bertz CT molecular complexity index is 1580. The van der Waals surface area contributed by atoms with Gasteiger partial charge in [-0.25, -0.2) is 28.8 Å². The van der Waals surface area contributed by atoms with E-state index in [1.165, 1.54) is 36.4 Å². The summed E-state index contributed by atoms with van der Waals surface area (Å²) >= 11 is 0. The van der Waals surface area contributed by atoms with Crippen LogP contribution in [0.5, 0.6) is 0 Å². The molecule has 0 aromatic heterocycles. The standard InChI is InChI=1S/C26H14O11.ClH/c27-21(28)13-5-1-3-11-7-19(17(23(31)32)9-15(11)13)25(35)37-26(36)20-8-12-4-2-6-14(22(29)30)16(12)10-18(20)24(33)34;/h1-10H,(H,27,28)(H,29,30)(H,31,32)(H,33,34);1H. The van der Waals surface area contributed by atoms with Crippen molar-refractivity contribution in [1.29, 1.82) is 0 Å². The summed E-state index contributed by atoms with van der Waals surface area (Å²) in [5, 5.41) is 38.4. The smallest absolute Gasteiger partial charge is 0.346 e. The summed E-state index contributed by atoms with van der Waals surface area (Å²) in [6, 6.07) is 12.2. The van der Waals surface area contributed by atoms with Gasteiger partial charge in [-0.1, -0.05) is 24.3 Å². The maximum atomic E-state index is 12.9. The zero-order chi connectivity index (χ0) is 27.0. The molecule has 38 heavy (non-hydrogen) atoms. The Balaban J connectivity index is 0.00000400. The highest BCUT2D eigenvalue weighted by atomic mass is 35.5. The maximum Gasteiger partial charge on any atom is 0.346 e. The second-order valence-corrected chi connectivity index (χ2v) is 7.75. The minimum absolute atomic E-state index is 0. The van der Waals surface area contributed by atoms with Crippen molar-refractivity contribution >= 4 is 69.8 Å². The average Bonchev–Trinajstić information content (AvgIpc) is 2.85. The quantitative estimate of drug-likeness (QED) is 0.203. The number of fused-ring (bicyclic) bond motifs is 2. The van der Waals surface area contributed by atoms with Gasteiger partial charge in [-0.3, -0.25) is 0 Å². The predicted octanol–water partition coefficient (Wildman–Crippen LogP) is 4.20. The van der Waals surface area contributed by atoms with E-state index < -0.39 is 58.1 Å².